The van der Waals surface area contributed by atoms with E-state index in [0.29, 0.717) is 23.2 Å². The lowest BCUT2D eigenvalue weighted by Gasteiger charge is -2.22. The molecule has 19 heavy (non-hydrogen) atoms. The lowest BCUT2D eigenvalue weighted by molar-refractivity contribution is 0.0168. The first-order chi connectivity index (χ1) is 9.16. The van der Waals surface area contributed by atoms with Crippen molar-refractivity contribution < 1.29 is 9.53 Å². The maximum absolute atomic E-state index is 11.0. The average molecular weight is 283 g/mol. The highest BCUT2D eigenvalue weighted by atomic mass is 35.5. The van der Waals surface area contributed by atoms with Gasteiger partial charge in [0.25, 0.3) is 0 Å². The standard InChI is InChI=1S/C14H19ClN2O2/c15-13-7-10(14(16)18)4-5-11(13)8-17-9-12-3-1-2-6-19-12/h4-5,7,12,17H,1-3,6,8-9H2,(H2,16,18). The number of rotatable bonds is 5. The highest BCUT2D eigenvalue weighted by molar-refractivity contribution is 6.31. The molecule has 0 aliphatic carbocycles. The van der Waals surface area contributed by atoms with Crippen molar-refractivity contribution in [1.82, 2.24) is 5.32 Å². The van der Waals surface area contributed by atoms with Crippen molar-refractivity contribution in [2.45, 2.75) is 31.9 Å². The number of hydrogen-bond acceptors (Lipinski definition) is 3. The minimum atomic E-state index is -0.461. The summed E-state index contributed by atoms with van der Waals surface area (Å²) >= 11 is 6.12. The number of nitrogens with two attached hydrogens (primary N) is 1. The van der Waals surface area contributed by atoms with Crippen LogP contribution < -0.4 is 11.1 Å². The molecule has 1 aromatic carbocycles. The quantitative estimate of drug-likeness (QED) is 0.869. The maximum atomic E-state index is 11.0. The molecule has 0 spiro atoms. The highest BCUT2D eigenvalue weighted by Crippen LogP contribution is 2.18. The summed E-state index contributed by atoms with van der Waals surface area (Å²) in [4.78, 5) is 11.0. The van der Waals surface area contributed by atoms with E-state index in [-0.39, 0.29) is 0 Å². The Bertz CT molecular complexity index is 445. The van der Waals surface area contributed by atoms with Gasteiger partial charge in [-0.05, 0) is 37.0 Å². The van der Waals surface area contributed by atoms with Crippen LogP contribution in [-0.4, -0.2) is 25.2 Å². The molecule has 0 bridgehead atoms. The summed E-state index contributed by atoms with van der Waals surface area (Å²) < 4.78 is 5.64. The molecule has 1 atom stereocenters. The van der Waals surface area contributed by atoms with Gasteiger partial charge in [0.2, 0.25) is 5.91 Å². The number of benzene rings is 1. The number of nitrogens with one attached hydrogen (secondary N) is 1. The number of primary amides is 1. The van der Waals surface area contributed by atoms with Crippen molar-refractivity contribution >= 4 is 17.5 Å². The number of ether oxygens (including phenoxy) is 1. The van der Waals surface area contributed by atoms with Gasteiger partial charge in [0.15, 0.2) is 0 Å². The van der Waals surface area contributed by atoms with Crippen molar-refractivity contribution in [1.29, 1.82) is 0 Å². The lowest BCUT2D eigenvalue weighted by atomic mass is 10.1. The van der Waals surface area contributed by atoms with Crippen molar-refractivity contribution in [2.75, 3.05) is 13.2 Å². The molecule has 1 amide bonds. The zero-order valence-corrected chi connectivity index (χ0v) is 11.6. The zero-order valence-electron chi connectivity index (χ0n) is 10.8. The van der Waals surface area contributed by atoms with Crippen LogP contribution in [0.5, 0.6) is 0 Å². The van der Waals surface area contributed by atoms with Crippen LogP contribution in [0.2, 0.25) is 5.02 Å². The molecular weight excluding hydrogens is 264 g/mol. The van der Waals surface area contributed by atoms with Gasteiger partial charge in [0.05, 0.1) is 6.10 Å². The summed E-state index contributed by atoms with van der Waals surface area (Å²) in [5.41, 5.74) is 6.60. The van der Waals surface area contributed by atoms with E-state index in [1.165, 1.54) is 6.42 Å². The molecule has 1 fully saturated rings. The summed E-state index contributed by atoms with van der Waals surface area (Å²) in [6.07, 6.45) is 3.82. The summed E-state index contributed by atoms with van der Waals surface area (Å²) in [7, 11) is 0. The molecule has 1 saturated heterocycles. The lowest BCUT2D eigenvalue weighted by Crippen LogP contribution is -2.31. The van der Waals surface area contributed by atoms with Gasteiger partial charge in [-0.15, -0.1) is 0 Å². The first-order valence-electron chi connectivity index (χ1n) is 6.57. The van der Waals surface area contributed by atoms with Crippen LogP contribution in [0.4, 0.5) is 0 Å². The van der Waals surface area contributed by atoms with Crippen molar-refractivity contribution in [2.24, 2.45) is 5.73 Å². The van der Waals surface area contributed by atoms with Crippen LogP contribution in [0.3, 0.4) is 0 Å². The Morgan fingerprint density at radius 3 is 2.95 bits per heavy atom. The molecule has 0 radical (unpaired) electrons. The number of halogens is 1. The Morgan fingerprint density at radius 1 is 1.47 bits per heavy atom. The Balaban J connectivity index is 1.83. The van der Waals surface area contributed by atoms with E-state index >= 15 is 0 Å². The van der Waals surface area contributed by atoms with E-state index in [2.05, 4.69) is 5.32 Å². The van der Waals surface area contributed by atoms with Crippen molar-refractivity contribution in [3.63, 3.8) is 0 Å². The van der Waals surface area contributed by atoms with E-state index < -0.39 is 5.91 Å². The van der Waals surface area contributed by atoms with Crippen LogP contribution in [0.1, 0.15) is 35.2 Å². The van der Waals surface area contributed by atoms with Gasteiger partial charge in [-0.1, -0.05) is 17.7 Å². The fraction of sp³-hybridized carbons (Fsp3) is 0.500. The van der Waals surface area contributed by atoms with Crippen molar-refractivity contribution in [3.8, 4) is 0 Å². The number of hydrogen-bond donors (Lipinski definition) is 2. The number of amides is 1. The van der Waals surface area contributed by atoms with Crippen LogP contribution in [0, 0.1) is 0 Å². The third-order valence-corrected chi connectivity index (χ3v) is 3.65. The SMILES string of the molecule is NC(=O)c1ccc(CNCC2CCCCO2)c(Cl)c1. The first-order valence-corrected chi connectivity index (χ1v) is 6.95. The zero-order chi connectivity index (χ0) is 13.7. The largest absolute Gasteiger partial charge is 0.377 e. The normalized spacial score (nSPS) is 19.3. The van der Waals surface area contributed by atoms with E-state index in [4.69, 9.17) is 22.1 Å². The first kappa shape index (κ1) is 14.3. The summed E-state index contributed by atoms with van der Waals surface area (Å²) in [6.45, 7) is 2.35. The van der Waals surface area contributed by atoms with Gasteiger partial charge in [0.1, 0.15) is 0 Å². The smallest absolute Gasteiger partial charge is 0.248 e. The fourth-order valence-electron chi connectivity index (χ4n) is 2.18. The predicted molar refractivity (Wildman–Crippen MR) is 75.3 cm³/mol. The maximum Gasteiger partial charge on any atom is 0.248 e. The summed E-state index contributed by atoms with van der Waals surface area (Å²) in [5.74, 6) is -0.461. The Kier molecular flexibility index (Phi) is 5.19. The third-order valence-electron chi connectivity index (χ3n) is 3.30. The van der Waals surface area contributed by atoms with Gasteiger partial charge < -0.3 is 15.8 Å². The molecular formula is C14H19ClN2O2. The Hall–Kier alpha value is -1.10. The average Bonchev–Trinajstić information content (AvgIpc) is 2.41. The Morgan fingerprint density at radius 2 is 2.32 bits per heavy atom. The van der Waals surface area contributed by atoms with Gasteiger partial charge in [0, 0.05) is 30.3 Å². The fourth-order valence-corrected chi connectivity index (χ4v) is 2.43. The topological polar surface area (TPSA) is 64.4 Å². The third kappa shape index (κ3) is 4.20. The minimum Gasteiger partial charge on any atom is -0.377 e. The molecule has 3 N–H and O–H groups in total. The second kappa shape index (κ2) is 6.89. The monoisotopic (exact) mass is 282 g/mol. The van der Waals surface area contributed by atoms with Crippen LogP contribution >= 0.6 is 11.6 Å². The molecule has 4 nitrogen and oxygen atoms in total. The number of carbonyl (C=O) groups excluding carboxylic acids is 1. The predicted octanol–water partition coefficient (Wildman–Crippen LogP) is 2.10. The van der Waals surface area contributed by atoms with E-state index in [1.54, 1.807) is 12.1 Å². The molecule has 1 heterocycles. The molecule has 0 saturated carbocycles. The van der Waals surface area contributed by atoms with Gasteiger partial charge in [-0.25, -0.2) is 0 Å². The molecule has 2 rings (SSSR count). The van der Waals surface area contributed by atoms with E-state index in [0.717, 1.165) is 31.6 Å². The molecule has 1 aliphatic rings. The second-order valence-corrected chi connectivity index (χ2v) is 5.20. The van der Waals surface area contributed by atoms with E-state index in [9.17, 15) is 4.79 Å². The van der Waals surface area contributed by atoms with Crippen LogP contribution in [0.15, 0.2) is 18.2 Å². The molecule has 1 aromatic rings. The van der Waals surface area contributed by atoms with Gasteiger partial charge >= 0.3 is 0 Å². The highest BCUT2D eigenvalue weighted by Gasteiger charge is 2.13. The molecule has 1 aliphatic heterocycles. The summed E-state index contributed by atoms with van der Waals surface area (Å²) in [5, 5.41) is 3.90. The summed E-state index contributed by atoms with van der Waals surface area (Å²) in [6, 6.07) is 5.14. The van der Waals surface area contributed by atoms with Crippen LogP contribution in [0.25, 0.3) is 0 Å². The second-order valence-electron chi connectivity index (χ2n) is 4.79. The Labute approximate surface area is 118 Å². The molecule has 1 unspecified atom stereocenters. The van der Waals surface area contributed by atoms with Crippen molar-refractivity contribution in [3.05, 3.63) is 34.3 Å². The minimum absolute atomic E-state index is 0.303. The van der Waals surface area contributed by atoms with E-state index in [1.807, 2.05) is 6.07 Å². The molecule has 104 valence electrons. The van der Waals surface area contributed by atoms with Crippen LogP contribution in [-0.2, 0) is 11.3 Å². The molecule has 0 aromatic heterocycles. The van der Waals surface area contributed by atoms with Gasteiger partial charge in [-0.3, -0.25) is 4.79 Å². The molecule has 5 heteroatoms. The number of carbonyl (C=O) groups is 1. The van der Waals surface area contributed by atoms with Gasteiger partial charge in [-0.2, -0.15) is 0 Å².